The summed E-state index contributed by atoms with van der Waals surface area (Å²) in [6.45, 7) is 8.24. The van der Waals surface area contributed by atoms with Gasteiger partial charge in [0.15, 0.2) is 5.76 Å². The number of hydrogen-bond acceptors (Lipinski definition) is 4. The number of rotatable bonds is 9. The summed E-state index contributed by atoms with van der Waals surface area (Å²) < 4.78 is 19.5. The van der Waals surface area contributed by atoms with Gasteiger partial charge in [0.2, 0.25) is 0 Å². The maximum absolute atomic E-state index is 13.6. The molecule has 1 amide bonds. The molecule has 0 atom stereocenters. The molecular weight excluding hydrogens is 429 g/mol. The number of halogens is 1. The highest BCUT2D eigenvalue weighted by Gasteiger charge is 2.23. The third kappa shape index (κ3) is 6.78. The first-order valence-corrected chi connectivity index (χ1v) is 12.1. The highest BCUT2D eigenvalue weighted by Crippen LogP contribution is 2.18. The number of furan rings is 1. The normalized spacial score (nSPS) is 15.2. The summed E-state index contributed by atoms with van der Waals surface area (Å²) >= 11 is 0. The van der Waals surface area contributed by atoms with Crippen LogP contribution in [-0.2, 0) is 19.6 Å². The molecule has 0 bridgehead atoms. The molecular formula is C28H34FN3O2. The van der Waals surface area contributed by atoms with Gasteiger partial charge in [-0.15, -0.1) is 0 Å². The van der Waals surface area contributed by atoms with Crippen molar-refractivity contribution in [2.45, 2.75) is 58.4 Å². The lowest BCUT2D eigenvalue weighted by Crippen LogP contribution is -2.44. The van der Waals surface area contributed by atoms with Crippen molar-refractivity contribution >= 4 is 5.91 Å². The molecule has 1 aliphatic heterocycles. The molecule has 2 heterocycles. The third-order valence-electron chi connectivity index (χ3n) is 6.42. The highest BCUT2D eigenvalue weighted by molar-refractivity contribution is 5.91. The molecule has 0 saturated carbocycles. The zero-order valence-corrected chi connectivity index (χ0v) is 20.0. The highest BCUT2D eigenvalue weighted by atomic mass is 19.1. The Balaban J connectivity index is 1.27. The molecule has 34 heavy (non-hydrogen) atoms. The van der Waals surface area contributed by atoms with Gasteiger partial charge >= 0.3 is 0 Å². The van der Waals surface area contributed by atoms with Gasteiger partial charge in [0.05, 0.1) is 6.54 Å². The van der Waals surface area contributed by atoms with E-state index < -0.39 is 0 Å². The number of hydrogen-bond donors (Lipinski definition) is 1. The molecule has 6 heteroatoms. The number of amides is 1. The van der Waals surface area contributed by atoms with E-state index in [1.807, 2.05) is 18.2 Å². The molecule has 5 nitrogen and oxygen atoms in total. The molecule has 1 aromatic heterocycles. The minimum absolute atomic E-state index is 0.158. The second-order valence-electron chi connectivity index (χ2n) is 9.40. The van der Waals surface area contributed by atoms with Gasteiger partial charge in [-0.05, 0) is 62.1 Å². The van der Waals surface area contributed by atoms with Crippen molar-refractivity contribution in [3.8, 4) is 0 Å². The fraction of sp³-hybridized carbons (Fsp3) is 0.393. The minimum Gasteiger partial charge on any atom is -0.455 e. The second kappa shape index (κ2) is 11.4. The Bertz CT molecular complexity index is 1060. The number of piperidine rings is 1. The van der Waals surface area contributed by atoms with Crippen LogP contribution in [0.25, 0.3) is 0 Å². The van der Waals surface area contributed by atoms with Crippen molar-refractivity contribution in [3.05, 3.63) is 95.2 Å². The zero-order chi connectivity index (χ0) is 23.9. The van der Waals surface area contributed by atoms with Gasteiger partial charge in [0.1, 0.15) is 11.6 Å². The van der Waals surface area contributed by atoms with Crippen LogP contribution in [0.2, 0.25) is 0 Å². The van der Waals surface area contributed by atoms with Crippen LogP contribution < -0.4 is 5.32 Å². The van der Waals surface area contributed by atoms with Crippen molar-refractivity contribution in [1.29, 1.82) is 0 Å². The van der Waals surface area contributed by atoms with E-state index in [1.165, 1.54) is 11.6 Å². The number of carbonyl (C=O) groups excluding carboxylic acids is 1. The van der Waals surface area contributed by atoms with E-state index in [4.69, 9.17) is 4.42 Å². The first kappa shape index (κ1) is 24.2. The predicted octanol–water partition coefficient (Wildman–Crippen LogP) is 5.22. The molecule has 0 radical (unpaired) electrons. The first-order valence-electron chi connectivity index (χ1n) is 12.1. The van der Waals surface area contributed by atoms with Crippen LogP contribution in [0.5, 0.6) is 0 Å². The van der Waals surface area contributed by atoms with E-state index in [0.29, 0.717) is 18.8 Å². The summed E-state index contributed by atoms with van der Waals surface area (Å²) in [6.07, 6.45) is 1.86. The van der Waals surface area contributed by atoms with Gasteiger partial charge in [-0.2, -0.15) is 0 Å². The quantitative estimate of drug-likeness (QED) is 0.473. The second-order valence-corrected chi connectivity index (χ2v) is 9.40. The van der Waals surface area contributed by atoms with Gasteiger partial charge in [0, 0.05) is 38.3 Å². The first-order chi connectivity index (χ1) is 16.5. The van der Waals surface area contributed by atoms with Crippen LogP contribution in [0.15, 0.2) is 71.1 Å². The molecule has 0 unspecified atom stereocenters. The van der Waals surface area contributed by atoms with Crippen LogP contribution in [-0.4, -0.2) is 40.9 Å². The topological polar surface area (TPSA) is 48.7 Å². The van der Waals surface area contributed by atoms with Crippen molar-refractivity contribution < 1.29 is 13.6 Å². The Kier molecular flexibility index (Phi) is 8.14. The van der Waals surface area contributed by atoms with E-state index in [0.717, 1.165) is 43.8 Å². The maximum atomic E-state index is 13.6. The van der Waals surface area contributed by atoms with E-state index in [9.17, 15) is 9.18 Å². The lowest BCUT2D eigenvalue weighted by atomic mass is 10.0. The lowest BCUT2D eigenvalue weighted by Gasteiger charge is -2.32. The zero-order valence-electron chi connectivity index (χ0n) is 20.0. The van der Waals surface area contributed by atoms with Crippen LogP contribution in [0, 0.1) is 5.82 Å². The lowest BCUT2D eigenvalue weighted by molar-refractivity contribution is 0.0876. The smallest absolute Gasteiger partial charge is 0.287 e. The van der Waals surface area contributed by atoms with Gasteiger partial charge in [-0.3, -0.25) is 14.6 Å². The molecule has 0 spiro atoms. The summed E-state index contributed by atoms with van der Waals surface area (Å²) in [6, 6.07) is 21.2. The maximum Gasteiger partial charge on any atom is 0.287 e. The molecule has 0 aliphatic carbocycles. The monoisotopic (exact) mass is 463 g/mol. The predicted molar refractivity (Wildman–Crippen MR) is 132 cm³/mol. The molecule has 1 aliphatic rings. The summed E-state index contributed by atoms with van der Waals surface area (Å²) in [5, 5.41) is 3.14. The van der Waals surface area contributed by atoms with Crippen LogP contribution in [0.4, 0.5) is 4.39 Å². The summed E-state index contributed by atoms with van der Waals surface area (Å²) in [7, 11) is 0. The minimum atomic E-state index is -0.232. The van der Waals surface area contributed by atoms with Gasteiger partial charge in [-0.25, -0.2) is 4.39 Å². The Morgan fingerprint density at radius 2 is 1.76 bits per heavy atom. The standard InChI is InChI=1S/C28H34FN3O2/c1-21(2)32(19-23-9-6-10-24(29)17-23)20-26-11-12-27(34-26)28(33)30-25-13-15-31(16-14-25)18-22-7-4-3-5-8-22/h3-12,17,21,25H,13-16,18-20H2,1-2H3,(H,30,33). The van der Waals surface area contributed by atoms with E-state index in [1.54, 1.807) is 18.2 Å². The molecule has 1 N–H and O–H groups in total. The molecule has 4 rings (SSSR count). The fourth-order valence-electron chi connectivity index (χ4n) is 4.41. The van der Waals surface area contributed by atoms with Crippen molar-refractivity contribution in [2.75, 3.05) is 13.1 Å². The average Bonchev–Trinajstić information content (AvgIpc) is 3.29. The van der Waals surface area contributed by atoms with E-state index in [-0.39, 0.29) is 23.8 Å². The number of nitrogens with zero attached hydrogens (tertiary/aromatic N) is 2. The summed E-state index contributed by atoms with van der Waals surface area (Å²) in [4.78, 5) is 17.4. The SMILES string of the molecule is CC(C)N(Cc1cccc(F)c1)Cc1ccc(C(=O)NC2CCN(Cc3ccccc3)CC2)o1. The average molecular weight is 464 g/mol. The fourth-order valence-corrected chi connectivity index (χ4v) is 4.41. The Labute approximate surface area is 201 Å². The van der Waals surface area contributed by atoms with Crippen LogP contribution in [0.3, 0.4) is 0 Å². The molecule has 1 fully saturated rings. The number of likely N-dealkylation sites (tertiary alicyclic amines) is 1. The summed E-state index contributed by atoms with van der Waals surface area (Å²) in [5.74, 6) is 0.683. The number of nitrogens with one attached hydrogen (secondary N) is 1. The molecule has 3 aromatic rings. The third-order valence-corrected chi connectivity index (χ3v) is 6.42. The van der Waals surface area contributed by atoms with Crippen molar-refractivity contribution in [1.82, 2.24) is 15.1 Å². The largest absolute Gasteiger partial charge is 0.455 e. The van der Waals surface area contributed by atoms with E-state index in [2.05, 4.69) is 53.2 Å². The number of benzene rings is 2. The van der Waals surface area contributed by atoms with Gasteiger partial charge < -0.3 is 9.73 Å². The van der Waals surface area contributed by atoms with Crippen molar-refractivity contribution in [3.63, 3.8) is 0 Å². The van der Waals surface area contributed by atoms with Crippen LogP contribution >= 0.6 is 0 Å². The molecule has 2 aromatic carbocycles. The van der Waals surface area contributed by atoms with Gasteiger partial charge in [0.25, 0.3) is 5.91 Å². The van der Waals surface area contributed by atoms with Crippen LogP contribution in [0.1, 0.15) is 54.1 Å². The Morgan fingerprint density at radius 1 is 1.03 bits per heavy atom. The van der Waals surface area contributed by atoms with E-state index >= 15 is 0 Å². The summed E-state index contributed by atoms with van der Waals surface area (Å²) in [5.41, 5.74) is 2.23. The van der Waals surface area contributed by atoms with Crippen molar-refractivity contribution in [2.24, 2.45) is 0 Å². The molecule has 1 saturated heterocycles. The Hall–Kier alpha value is -2.96. The van der Waals surface area contributed by atoms with Gasteiger partial charge in [-0.1, -0.05) is 42.5 Å². The molecule has 180 valence electrons. The number of carbonyl (C=O) groups is 1. The Morgan fingerprint density at radius 3 is 2.47 bits per heavy atom.